The summed E-state index contributed by atoms with van der Waals surface area (Å²) in [6.45, 7) is 2.64. The number of carbonyl (C=O) groups excluding carboxylic acids is 3. The van der Waals surface area contributed by atoms with Crippen LogP contribution in [0.25, 0.3) is 0 Å². The van der Waals surface area contributed by atoms with Gasteiger partial charge in [0.25, 0.3) is 0 Å². The van der Waals surface area contributed by atoms with Crippen LogP contribution in [0.1, 0.15) is 303 Å². The predicted octanol–water partition coefficient (Wildman–Crippen LogP) is 19.0. The van der Waals surface area contributed by atoms with Crippen LogP contribution in [-0.4, -0.2) is 95.9 Å². The van der Waals surface area contributed by atoms with E-state index in [1.54, 1.807) is 0 Å². The highest BCUT2D eigenvalue weighted by Gasteiger charge is 2.29. The lowest BCUT2D eigenvalue weighted by molar-refractivity contribution is -0.161. The summed E-state index contributed by atoms with van der Waals surface area (Å²) in [7, 11) is -9.76. The topological polar surface area (TPSA) is 231 Å². The summed E-state index contributed by atoms with van der Waals surface area (Å²) >= 11 is 0. The molecule has 0 radical (unpaired) electrons. The highest BCUT2D eigenvalue weighted by Crippen LogP contribution is 2.45. The van der Waals surface area contributed by atoms with Crippen molar-refractivity contribution < 1.29 is 75.8 Å². The molecule has 5 atom stereocenters. The number of rotatable bonds is 66. The van der Waals surface area contributed by atoms with Gasteiger partial charge >= 0.3 is 33.6 Å². The van der Waals surface area contributed by atoms with Gasteiger partial charge < -0.3 is 34.2 Å². The Hall–Kier alpha value is -2.75. The Balaban J connectivity index is 4.56. The molecule has 4 N–H and O–H groups in total. The number of esters is 3. The summed E-state index contributed by atoms with van der Waals surface area (Å²) in [6.07, 6.45) is 64.1. The van der Waals surface area contributed by atoms with Crippen molar-refractivity contribution in [3.05, 3.63) is 60.8 Å². The molecule has 0 aromatic heterocycles. The summed E-state index contributed by atoms with van der Waals surface area (Å²) in [6, 6.07) is 0. The van der Waals surface area contributed by atoms with Gasteiger partial charge in [0, 0.05) is 19.3 Å². The van der Waals surface area contributed by atoms with Gasteiger partial charge in [-0.3, -0.25) is 32.5 Å². The van der Waals surface area contributed by atoms with E-state index in [0.29, 0.717) is 19.3 Å². The van der Waals surface area contributed by atoms with E-state index in [2.05, 4.69) is 81.5 Å². The van der Waals surface area contributed by atoms with Crippen molar-refractivity contribution in [2.75, 3.05) is 39.6 Å². The Morgan fingerprint density at radius 1 is 0.322 bits per heavy atom. The number of aliphatic hydroxyl groups is 2. The highest BCUT2D eigenvalue weighted by atomic mass is 31.2. The molecule has 0 aliphatic carbocycles. The third-order valence-electron chi connectivity index (χ3n) is 14.7. The zero-order valence-electron chi connectivity index (χ0n) is 54.9. The van der Waals surface area contributed by atoms with Crippen molar-refractivity contribution >= 4 is 33.6 Å². The van der Waals surface area contributed by atoms with Crippen molar-refractivity contribution in [2.45, 2.75) is 322 Å². The maximum atomic E-state index is 12.9. The number of hydrogen-bond acceptors (Lipinski definition) is 14. The van der Waals surface area contributed by atoms with Gasteiger partial charge in [-0.05, 0) is 89.9 Å². The molecule has 5 unspecified atom stereocenters. The number of phosphoric ester groups is 2. The molecule has 0 amide bonds. The zero-order chi connectivity index (χ0) is 63.8. The molecule has 0 bridgehead atoms. The van der Waals surface area contributed by atoms with Gasteiger partial charge in [-0.15, -0.1) is 0 Å². The van der Waals surface area contributed by atoms with Gasteiger partial charge in [0.15, 0.2) is 6.10 Å². The van der Waals surface area contributed by atoms with E-state index in [1.165, 1.54) is 122 Å². The lowest BCUT2D eigenvalue weighted by Crippen LogP contribution is -2.30. The molecule has 0 spiro atoms. The number of ether oxygens (including phenoxy) is 3. The van der Waals surface area contributed by atoms with E-state index in [0.717, 1.165) is 122 Å². The molecule has 0 rings (SSSR count). The van der Waals surface area contributed by atoms with E-state index in [1.807, 2.05) is 0 Å². The number of aliphatic hydroxyl groups excluding tert-OH is 2. The van der Waals surface area contributed by atoms with E-state index in [-0.39, 0.29) is 19.3 Å². The third kappa shape index (κ3) is 64.6. The van der Waals surface area contributed by atoms with Crippen molar-refractivity contribution in [1.29, 1.82) is 0 Å². The molecular formula is C69H126O16P2. The molecular weight excluding hydrogens is 1150 g/mol. The Kier molecular flexibility index (Phi) is 61.4. The first kappa shape index (κ1) is 84.2. The van der Waals surface area contributed by atoms with Gasteiger partial charge in [-0.2, -0.15) is 0 Å². The van der Waals surface area contributed by atoms with Crippen LogP contribution in [0.2, 0.25) is 0 Å². The summed E-state index contributed by atoms with van der Waals surface area (Å²) in [5.41, 5.74) is 0. The van der Waals surface area contributed by atoms with E-state index in [9.17, 15) is 43.5 Å². The largest absolute Gasteiger partial charge is 0.472 e. The fourth-order valence-electron chi connectivity index (χ4n) is 9.37. The monoisotopic (exact) mass is 1270 g/mol. The molecule has 0 saturated carbocycles. The molecule has 0 aromatic carbocycles. The smallest absolute Gasteiger partial charge is 0.463 e. The Labute approximate surface area is 529 Å². The first-order valence-corrected chi connectivity index (χ1v) is 37.6. The average Bonchev–Trinajstić information content (AvgIpc) is 3.63. The molecule has 0 fully saturated rings. The summed E-state index contributed by atoms with van der Waals surface area (Å²) in [4.78, 5) is 58.3. The molecule has 0 aromatic rings. The quantitative estimate of drug-likeness (QED) is 0.0146. The van der Waals surface area contributed by atoms with Crippen LogP contribution in [0.5, 0.6) is 0 Å². The minimum Gasteiger partial charge on any atom is -0.463 e. The lowest BCUT2D eigenvalue weighted by Gasteiger charge is -2.21. The number of carbonyl (C=O) groups is 3. The first-order chi connectivity index (χ1) is 42.2. The van der Waals surface area contributed by atoms with Crippen LogP contribution in [0, 0.1) is 0 Å². The van der Waals surface area contributed by atoms with E-state index >= 15 is 0 Å². The van der Waals surface area contributed by atoms with Gasteiger partial charge in [0.05, 0.1) is 26.4 Å². The second kappa shape index (κ2) is 63.4. The van der Waals surface area contributed by atoms with Gasteiger partial charge in [0.2, 0.25) is 0 Å². The summed E-state index contributed by atoms with van der Waals surface area (Å²) < 4.78 is 60.8. The zero-order valence-corrected chi connectivity index (χ0v) is 56.7. The Morgan fingerprint density at radius 3 is 0.954 bits per heavy atom. The summed E-state index contributed by atoms with van der Waals surface area (Å²) in [5, 5.41) is 20.5. The predicted molar refractivity (Wildman–Crippen MR) is 353 cm³/mol. The van der Waals surface area contributed by atoms with Gasteiger partial charge in [-0.1, -0.05) is 255 Å². The normalized spacial score (nSPS) is 14.6. The maximum absolute atomic E-state index is 12.9. The van der Waals surface area contributed by atoms with Crippen LogP contribution >= 0.6 is 15.6 Å². The molecule has 0 aliphatic heterocycles. The average molecular weight is 1270 g/mol. The molecule has 16 nitrogen and oxygen atoms in total. The number of hydrogen-bond donors (Lipinski definition) is 4. The fraction of sp³-hybridized carbons (Fsp3) is 0.812. The molecule has 0 heterocycles. The van der Waals surface area contributed by atoms with E-state index < -0.39 is 91.5 Å². The minimum atomic E-state index is -4.92. The highest BCUT2D eigenvalue weighted by molar-refractivity contribution is 7.47. The van der Waals surface area contributed by atoms with Crippen LogP contribution in [0.15, 0.2) is 60.8 Å². The standard InChI is InChI=1S/C69H126O16P2/c1-4-7-10-13-16-19-22-25-27-28-29-30-31-32-33-34-36-39-40-43-46-49-52-55-67(72)79-58-64(70)59-81-86(75,76)82-60-65(71)61-83-87(77,78)84-63-66(85-69(74)57-54-51-48-45-42-37-24-21-18-15-12-9-6-3)62-80-68(73)56-53-50-47-44-41-38-35-26-23-20-17-14-11-8-5-2/h16,19,21,24-25,27,29-30,32-33,64-66,70-71H,4-15,17-18,20,22-23,26,28,31,34-63H2,1-3H3,(H,75,76)(H,77,78)/b19-16-,24-21-,27-25-,30-29-,33-32-. The molecule has 0 saturated heterocycles. The Morgan fingerprint density at radius 2 is 0.575 bits per heavy atom. The molecule has 508 valence electrons. The van der Waals surface area contributed by atoms with Gasteiger partial charge in [-0.25, -0.2) is 9.13 Å². The number of phosphoric acid groups is 2. The fourth-order valence-corrected chi connectivity index (χ4v) is 11.0. The Bertz CT molecular complexity index is 1840. The third-order valence-corrected chi connectivity index (χ3v) is 16.6. The molecule has 0 aliphatic rings. The second-order valence-electron chi connectivity index (χ2n) is 23.3. The van der Waals surface area contributed by atoms with Gasteiger partial charge in [0.1, 0.15) is 25.4 Å². The van der Waals surface area contributed by atoms with Crippen LogP contribution < -0.4 is 0 Å². The first-order valence-electron chi connectivity index (χ1n) is 34.6. The number of allylic oxidation sites excluding steroid dienone is 10. The minimum absolute atomic E-state index is 0.0989. The van der Waals surface area contributed by atoms with Crippen molar-refractivity contribution in [2.24, 2.45) is 0 Å². The molecule has 18 heteroatoms. The number of unbranched alkanes of at least 4 members (excludes halogenated alkanes) is 33. The van der Waals surface area contributed by atoms with Crippen LogP contribution in [0.3, 0.4) is 0 Å². The van der Waals surface area contributed by atoms with E-state index in [4.69, 9.17) is 32.3 Å². The van der Waals surface area contributed by atoms with Crippen LogP contribution in [-0.2, 0) is 55.8 Å². The van der Waals surface area contributed by atoms with Crippen molar-refractivity contribution in [3.8, 4) is 0 Å². The SMILES string of the molecule is CCCCC/C=C\C/C=C\C/C=C\C/C=C\CCCCCCCCCC(=O)OCC(O)COP(=O)(O)OCC(O)COP(=O)(O)OCC(COC(=O)CCCCCCCCCCCCCCCCC)OC(=O)CCCCCCC/C=C\CCCCCC. The lowest BCUT2D eigenvalue weighted by atomic mass is 10.0. The van der Waals surface area contributed by atoms with Crippen LogP contribution in [0.4, 0.5) is 0 Å². The summed E-state index contributed by atoms with van der Waals surface area (Å²) in [5.74, 6) is -1.58. The van der Waals surface area contributed by atoms with Crippen molar-refractivity contribution in [3.63, 3.8) is 0 Å². The maximum Gasteiger partial charge on any atom is 0.472 e. The molecule has 87 heavy (non-hydrogen) atoms. The second-order valence-corrected chi connectivity index (χ2v) is 26.2. The van der Waals surface area contributed by atoms with Crippen molar-refractivity contribution in [1.82, 2.24) is 0 Å².